The van der Waals surface area contributed by atoms with E-state index in [-0.39, 0.29) is 13.3 Å². The molecular formula is C17H14N4O4. The van der Waals surface area contributed by atoms with Gasteiger partial charge in [-0.15, -0.1) is 0 Å². The Morgan fingerprint density at radius 3 is 2.88 bits per heavy atom. The maximum atomic E-state index is 12.0. The van der Waals surface area contributed by atoms with Crippen molar-refractivity contribution >= 4 is 28.4 Å². The van der Waals surface area contributed by atoms with Crippen molar-refractivity contribution in [2.24, 2.45) is 0 Å². The number of carbonyl (C=O) groups is 2. The van der Waals surface area contributed by atoms with E-state index in [4.69, 9.17) is 9.47 Å². The summed E-state index contributed by atoms with van der Waals surface area (Å²) in [6.45, 7) is 0.400. The van der Waals surface area contributed by atoms with E-state index in [0.29, 0.717) is 17.2 Å². The SMILES string of the molecule is O=C(NCc1ccc2c(c1)OCO2)C(=O)Nc1ccc2cn[nH]c2c1. The molecule has 3 aromatic rings. The monoisotopic (exact) mass is 338 g/mol. The second kappa shape index (κ2) is 6.16. The van der Waals surface area contributed by atoms with Crippen LogP contribution in [0.1, 0.15) is 5.56 Å². The van der Waals surface area contributed by atoms with Crippen LogP contribution in [0.2, 0.25) is 0 Å². The number of rotatable bonds is 3. The van der Waals surface area contributed by atoms with Gasteiger partial charge in [0.2, 0.25) is 6.79 Å². The van der Waals surface area contributed by atoms with Crippen LogP contribution in [0.5, 0.6) is 11.5 Å². The average molecular weight is 338 g/mol. The highest BCUT2D eigenvalue weighted by Crippen LogP contribution is 2.32. The Bertz CT molecular complexity index is 966. The van der Waals surface area contributed by atoms with Gasteiger partial charge in [-0.1, -0.05) is 6.07 Å². The Kier molecular flexibility index (Phi) is 3.70. The van der Waals surface area contributed by atoms with Crippen LogP contribution in [0.4, 0.5) is 5.69 Å². The van der Waals surface area contributed by atoms with Gasteiger partial charge < -0.3 is 20.1 Å². The summed E-state index contributed by atoms with van der Waals surface area (Å²) in [7, 11) is 0. The summed E-state index contributed by atoms with van der Waals surface area (Å²) in [6.07, 6.45) is 1.68. The summed E-state index contributed by atoms with van der Waals surface area (Å²) in [6, 6.07) is 10.6. The fourth-order valence-corrected chi connectivity index (χ4v) is 2.52. The molecule has 126 valence electrons. The molecular weight excluding hydrogens is 324 g/mol. The molecule has 1 aromatic heterocycles. The van der Waals surface area contributed by atoms with Crippen LogP contribution in [0, 0.1) is 0 Å². The van der Waals surface area contributed by atoms with Gasteiger partial charge in [0.25, 0.3) is 0 Å². The Hall–Kier alpha value is -3.55. The topological polar surface area (TPSA) is 105 Å². The lowest BCUT2D eigenvalue weighted by Gasteiger charge is -2.07. The summed E-state index contributed by atoms with van der Waals surface area (Å²) < 4.78 is 10.5. The van der Waals surface area contributed by atoms with Crippen LogP contribution in [0.3, 0.4) is 0 Å². The molecule has 0 fully saturated rings. The average Bonchev–Trinajstić information content (AvgIpc) is 3.27. The molecule has 1 aliphatic rings. The first-order valence-corrected chi connectivity index (χ1v) is 7.60. The molecule has 0 atom stereocenters. The number of nitrogens with one attached hydrogen (secondary N) is 3. The zero-order valence-corrected chi connectivity index (χ0v) is 13.0. The molecule has 2 amide bonds. The Morgan fingerprint density at radius 2 is 1.96 bits per heavy atom. The van der Waals surface area contributed by atoms with Gasteiger partial charge in [-0.2, -0.15) is 5.10 Å². The highest BCUT2D eigenvalue weighted by Gasteiger charge is 2.16. The van der Waals surface area contributed by atoms with E-state index in [0.717, 1.165) is 16.5 Å². The van der Waals surface area contributed by atoms with E-state index in [2.05, 4.69) is 20.8 Å². The second-order valence-corrected chi connectivity index (χ2v) is 5.50. The molecule has 8 heteroatoms. The number of nitrogens with zero attached hydrogens (tertiary/aromatic N) is 1. The zero-order valence-electron chi connectivity index (χ0n) is 13.0. The minimum absolute atomic E-state index is 0.189. The summed E-state index contributed by atoms with van der Waals surface area (Å²) in [5.74, 6) is -0.159. The quantitative estimate of drug-likeness (QED) is 0.628. The second-order valence-electron chi connectivity index (χ2n) is 5.50. The molecule has 0 unspecified atom stereocenters. The van der Waals surface area contributed by atoms with Crippen LogP contribution >= 0.6 is 0 Å². The molecule has 4 rings (SSSR count). The minimum atomic E-state index is -0.736. The van der Waals surface area contributed by atoms with Crippen molar-refractivity contribution in [3.8, 4) is 11.5 Å². The fourth-order valence-electron chi connectivity index (χ4n) is 2.52. The summed E-state index contributed by atoms with van der Waals surface area (Å²) >= 11 is 0. The van der Waals surface area contributed by atoms with Crippen molar-refractivity contribution in [1.29, 1.82) is 0 Å². The van der Waals surface area contributed by atoms with E-state index < -0.39 is 11.8 Å². The van der Waals surface area contributed by atoms with Crippen molar-refractivity contribution in [2.75, 3.05) is 12.1 Å². The van der Waals surface area contributed by atoms with E-state index >= 15 is 0 Å². The lowest BCUT2D eigenvalue weighted by molar-refractivity contribution is -0.136. The first kappa shape index (κ1) is 15.0. The molecule has 0 saturated carbocycles. The molecule has 8 nitrogen and oxygen atoms in total. The van der Waals surface area contributed by atoms with Crippen molar-refractivity contribution in [2.45, 2.75) is 6.54 Å². The molecule has 0 saturated heterocycles. The zero-order chi connectivity index (χ0) is 17.2. The molecule has 2 aromatic carbocycles. The minimum Gasteiger partial charge on any atom is -0.454 e. The number of ether oxygens (including phenoxy) is 2. The van der Waals surface area contributed by atoms with E-state index in [1.165, 1.54) is 0 Å². The van der Waals surface area contributed by atoms with Crippen LogP contribution in [-0.4, -0.2) is 28.8 Å². The predicted molar refractivity (Wildman–Crippen MR) is 89.1 cm³/mol. The maximum absolute atomic E-state index is 12.0. The standard InChI is InChI=1S/C17H14N4O4/c22-16(18-7-10-1-4-14-15(5-10)25-9-24-14)17(23)20-12-3-2-11-8-19-21-13(11)6-12/h1-6,8H,7,9H2,(H,18,22)(H,19,21)(H,20,23). The first-order valence-electron chi connectivity index (χ1n) is 7.60. The van der Waals surface area contributed by atoms with Gasteiger partial charge in [0.1, 0.15) is 0 Å². The number of anilines is 1. The third-order valence-corrected chi connectivity index (χ3v) is 3.80. The number of hydrogen-bond donors (Lipinski definition) is 3. The molecule has 0 aliphatic carbocycles. The fraction of sp³-hybridized carbons (Fsp3) is 0.118. The van der Waals surface area contributed by atoms with Gasteiger partial charge >= 0.3 is 11.8 Å². The van der Waals surface area contributed by atoms with Crippen molar-refractivity contribution < 1.29 is 19.1 Å². The van der Waals surface area contributed by atoms with Crippen molar-refractivity contribution in [3.63, 3.8) is 0 Å². The smallest absolute Gasteiger partial charge is 0.313 e. The van der Waals surface area contributed by atoms with Crippen LogP contribution in [0.15, 0.2) is 42.6 Å². The van der Waals surface area contributed by atoms with Gasteiger partial charge in [-0.3, -0.25) is 14.7 Å². The molecule has 1 aliphatic heterocycles. The van der Waals surface area contributed by atoms with Gasteiger partial charge in [-0.05, 0) is 35.9 Å². The first-order chi connectivity index (χ1) is 12.2. The Morgan fingerprint density at radius 1 is 1.08 bits per heavy atom. The largest absolute Gasteiger partial charge is 0.454 e. The Balaban J connectivity index is 1.36. The van der Waals surface area contributed by atoms with Crippen molar-refractivity contribution in [1.82, 2.24) is 15.5 Å². The van der Waals surface area contributed by atoms with Crippen LogP contribution < -0.4 is 20.1 Å². The summed E-state index contributed by atoms with van der Waals surface area (Å²) in [4.78, 5) is 24.0. The Labute approximate surface area is 142 Å². The number of benzene rings is 2. The number of amides is 2. The van der Waals surface area contributed by atoms with Gasteiger partial charge in [0, 0.05) is 17.6 Å². The molecule has 25 heavy (non-hydrogen) atoms. The number of aromatic amines is 1. The third-order valence-electron chi connectivity index (χ3n) is 3.80. The number of fused-ring (bicyclic) bond motifs is 2. The van der Waals surface area contributed by atoms with Crippen LogP contribution in [-0.2, 0) is 16.1 Å². The van der Waals surface area contributed by atoms with E-state index in [1.54, 1.807) is 42.6 Å². The van der Waals surface area contributed by atoms with Gasteiger partial charge in [0.15, 0.2) is 11.5 Å². The van der Waals surface area contributed by atoms with Gasteiger partial charge in [-0.25, -0.2) is 0 Å². The number of aromatic nitrogens is 2. The highest BCUT2D eigenvalue weighted by molar-refractivity contribution is 6.39. The van der Waals surface area contributed by atoms with Gasteiger partial charge in [0.05, 0.1) is 11.7 Å². The van der Waals surface area contributed by atoms with E-state index in [9.17, 15) is 9.59 Å². The normalized spacial score (nSPS) is 12.2. The van der Waals surface area contributed by atoms with Crippen molar-refractivity contribution in [3.05, 3.63) is 48.2 Å². The number of hydrogen-bond acceptors (Lipinski definition) is 5. The summed E-state index contributed by atoms with van der Waals surface area (Å²) in [5.41, 5.74) is 2.10. The number of carbonyl (C=O) groups excluding carboxylic acids is 2. The lowest BCUT2D eigenvalue weighted by Crippen LogP contribution is -2.34. The molecule has 2 heterocycles. The molecule has 3 N–H and O–H groups in total. The summed E-state index contributed by atoms with van der Waals surface area (Å²) in [5, 5.41) is 12.8. The van der Waals surface area contributed by atoms with Crippen LogP contribution in [0.25, 0.3) is 10.9 Å². The maximum Gasteiger partial charge on any atom is 0.313 e. The van der Waals surface area contributed by atoms with E-state index in [1.807, 2.05) is 0 Å². The predicted octanol–water partition coefficient (Wildman–Crippen LogP) is 1.55. The molecule has 0 spiro atoms. The number of H-pyrrole nitrogens is 1. The highest BCUT2D eigenvalue weighted by atomic mass is 16.7. The lowest BCUT2D eigenvalue weighted by atomic mass is 10.2. The molecule has 0 radical (unpaired) electrons. The third kappa shape index (κ3) is 3.09. The molecule has 0 bridgehead atoms.